The van der Waals surface area contributed by atoms with Gasteiger partial charge < -0.3 is 0 Å². The van der Waals surface area contributed by atoms with Gasteiger partial charge in [-0.25, -0.2) is 78.8 Å². The van der Waals surface area contributed by atoms with Crippen LogP contribution in [0.3, 0.4) is 0 Å². The van der Waals surface area contributed by atoms with E-state index in [1.807, 2.05) is 0 Å². The summed E-state index contributed by atoms with van der Waals surface area (Å²) >= 11 is 13.2. The summed E-state index contributed by atoms with van der Waals surface area (Å²) in [7, 11) is -15.3. The lowest BCUT2D eigenvalue weighted by Crippen LogP contribution is -2.28. The van der Waals surface area contributed by atoms with Crippen molar-refractivity contribution >= 4 is 95.9 Å². The van der Waals surface area contributed by atoms with Gasteiger partial charge in [0.2, 0.25) is 0 Å². The standard InChI is InChI=1S/C43H38ClF8N5O5S2.C41H34ClF10N5O5S2.3CH4/c1-42(2,63(3,59)60)11-10-25-4-7-28(29-8-9-32(44)36-33(20-64(61,62)27-5-6-27)54-56(39(29)36)19-34(47)48)37(53-25)22(12-21-13-23(45)16-24(46)14-21)15-26(58)18-57-40-35(38(55-57)41(49)50)30-17-31(30)43(40,51)52;1-38(2,64(4,61)62)10-9-24-5-6-26(27-7-8-30(42)33-31(18-63(3,59)60)54-57(35(27)33)19-39(45,46)47)34(53-24)21(11-20-12-22(43)15-23(44)13-20)14-25(58)17-56-37-32(36(55-56)41(50,51)52)28-16-29(28)40(37,48)49;;;/h4,7-9,13-14,16,22,27,30-31,34,41H,5-6,12,15,17-20H2,1-3H3;5-8,12-13,15,21,28-29H,11,14,16-19H2,1-4H3;3*1H4/t22-,30+,31-;21-,28+,29-;;;/m11.../s1. The van der Waals surface area contributed by atoms with E-state index in [-0.39, 0.29) is 151 Å². The van der Waals surface area contributed by atoms with Gasteiger partial charge in [0.05, 0.1) is 60.6 Å². The fraction of sp³-hybridized carbons (Fsp3) is 0.448. The summed E-state index contributed by atoms with van der Waals surface area (Å²) in [6.07, 6.45) is -15.4. The lowest BCUT2D eigenvalue weighted by Gasteiger charge is -2.22. The van der Waals surface area contributed by atoms with Crippen molar-refractivity contribution in [2.75, 3.05) is 18.8 Å². The fourth-order valence-corrected chi connectivity index (χ4v) is 19.8. The summed E-state index contributed by atoms with van der Waals surface area (Å²) in [6.45, 7) is 0.418. The lowest BCUT2D eigenvalue weighted by atomic mass is 9.86. The van der Waals surface area contributed by atoms with Crippen LogP contribution in [0.4, 0.5) is 79.0 Å². The van der Waals surface area contributed by atoms with E-state index in [0.29, 0.717) is 34.3 Å². The number of ketones is 2. The Morgan fingerprint density at radius 2 is 0.916 bits per heavy atom. The first-order valence-electron chi connectivity index (χ1n) is 39.0. The number of halogens is 20. The smallest absolute Gasteiger partial charge is 0.298 e. The molecule has 0 N–H and O–H groups in total. The van der Waals surface area contributed by atoms with E-state index in [2.05, 4.69) is 49.1 Å². The number of hydrogen-bond acceptors (Lipinski definition) is 16. The molecular weight excluding hydrogens is 1890 g/mol. The normalized spacial score (nSPS) is 17.8. The summed E-state index contributed by atoms with van der Waals surface area (Å²) in [6, 6.07) is 15.4. The Hall–Kier alpha value is -9.88. The van der Waals surface area contributed by atoms with Crippen molar-refractivity contribution in [1.82, 2.24) is 49.1 Å². The van der Waals surface area contributed by atoms with Crippen LogP contribution in [0.2, 0.25) is 10.0 Å². The van der Waals surface area contributed by atoms with Crippen LogP contribution < -0.4 is 0 Å². The van der Waals surface area contributed by atoms with Crippen LogP contribution in [-0.4, -0.2) is 140 Å². The molecular formula is C87H84Cl2F18N10O10S4. The number of carbonyl (C=O) groups is 2. The van der Waals surface area contributed by atoms with Gasteiger partial charge in [0.1, 0.15) is 87.4 Å². The van der Waals surface area contributed by atoms with Crippen molar-refractivity contribution in [3.63, 3.8) is 0 Å². The monoisotopic (exact) mass is 1970 g/mol. The second kappa shape index (κ2) is 36.2. The maximum absolute atomic E-state index is 15.5. The SMILES string of the molecule is C.C.C.CC(C)(C#Cc1ccc(-c2ccc(Cl)c3c(CS(=O)(=O)C4CC4)nn(CC(F)F)c23)c([C@@H](CC(=O)Cn2nc(C(F)F)c3c2C(F)(F)[C@@H]2C[C@H]32)Cc2cc(F)cc(F)c2)n1)S(C)(=O)=O.CC(C)(C#Cc1ccc(-c2ccc(Cl)c3c(CS(C)(=O)=O)nn(CC(F)(F)F)c23)c([C@@H](CC(=O)Cn2nc(C(F)(F)F)c3c2C(F)(F)[C@@H]2C[C@H]32)Cc2cc(F)cc(F)c2)n1)S(C)(=O)=O. The zero-order valence-corrected chi connectivity index (χ0v) is 72.7. The molecule has 3 fully saturated rings. The largest absolute Gasteiger partial charge is 0.435 e. The summed E-state index contributed by atoms with van der Waals surface area (Å²) in [5, 5.41) is 14.3. The van der Waals surface area contributed by atoms with Crippen molar-refractivity contribution in [2.24, 2.45) is 11.8 Å². The Morgan fingerprint density at radius 3 is 1.31 bits per heavy atom. The van der Waals surface area contributed by atoms with Crippen LogP contribution in [0.15, 0.2) is 84.9 Å². The summed E-state index contributed by atoms with van der Waals surface area (Å²) in [4.78, 5) is 37.6. The number of benzene rings is 4. The lowest BCUT2D eigenvalue weighted by molar-refractivity contribution is -0.143. The molecule has 0 bridgehead atoms. The third-order valence-corrected chi connectivity index (χ3v) is 30.6. The highest BCUT2D eigenvalue weighted by molar-refractivity contribution is 7.92. The maximum atomic E-state index is 15.5. The average molecular weight is 1970 g/mol. The molecule has 6 aromatic heterocycles. The van der Waals surface area contributed by atoms with Crippen LogP contribution in [-0.2, 0) is 117 Å². The van der Waals surface area contributed by atoms with E-state index in [1.165, 1.54) is 76.2 Å². The van der Waals surface area contributed by atoms with Crippen molar-refractivity contribution in [1.29, 1.82) is 0 Å². The molecule has 131 heavy (non-hydrogen) atoms. The predicted molar refractivity (Wildman–Crippen MR) is 453 cm³/mol. The van der Waals surface area contributed by atoms with E-state index < -0.39 is 247 Å². The first-order valence-corrected chi connectivity index (χ1v) is 47.4. The molecule has 20 nitrogen and oxygen atoms in total. The molecule has 706 valence electrons. The molecule has 0 amide bonds. The molecule has 0 radical (unpaired) electrons. The van der Waals surface area contributed by atoms with E-state index in [9.17, 15) is 105 Å². The van der Waals surface area contributed by atoms with Gasteiger partial charge in [0, 0.05) is 112 Å². The Morgan fingerprint density at radius 1 is 0.519 bits per heavy atom. The zero-order valence-electron chi connectivity index (χ0n) is 67.9. The van der Waals surface area contributed by atoms with Crippen LogP contribution in [0.5, 0.6) is 0 Å². The summed E-state index contributed by atoms with van der Waals surface area (Å²) in [5.74, 6) is -11.6. The Balaban J connectivity index is 0.000000247. The topological polar surface area (TPSA) is 268 Å². The highest BCUT2D eigenvalue weighted by Gasteiger charge is 2.69. The molecule has 5 aliphatic carbocycles. The molecule has 15 rings (SSSR count). The zero-order chi connectivity index (χ0) is 93.7. The Kier molecular flexibility index (Phi) is 28.1. The van der Waals surface area contributed by atoms with E-state index in [1.54, 1.807) is 0 Å². The van der Waals surface area contributed by atoms with Gasteiger partial charge in [0.25, 0.3) is 24.7 Å². The minimum Gasteiger partial charge on any atom is -0.298 e. The maximum Gasteiger partial charge on any atom is 0.435 e. The van der Waals surface area contributed by atoms with E-state index in [4.69, 9.17) is 28.2 Å². The number of sulfone groups is 4. The van der Waals surface area contributed by atoms with Gasteiger partial charge in [-0.05, 0) is 162 Å². The summed E-state index contributed by atoms with van der Waals surface area (Å²) in [5.41, 5.74) is -7.00. The quantitative estimate of drug-likeness (QED) is 0.0342. The predicted octanol–water partition coefficient (Wildman–Crippen LogP) is 19.5. The molecule has 0 unspecified atom stereocenters. The van der Waals surface area contributed by atoms with Gasteiger partial charge >= 0.3 is 12.4 Å². The fourth-order valence-electron chi connectivity index (χ4n) is 16.4. The number of Topliss-reactive ketones (excluding diaryl/α,β-unsaturated/α-hetero) is 2. The van der Waals surface area contributed by atoms with Gasteiger partial charge in [-0.1, -0.05) is 69.5 Å². The number of hydrogen-bond donors (Lipinski definition) is 0. The number of aromatic nitrogens is 10. The number of nitrogens with zero attached hydrogens (tertiary/aromatic N) is 10. The van der Waals surface area contributed by atoms with Crippen molar-refractivity contribution in [3.8, 4) is 45.9 Å². The van der Waals surface area contributed by atoms with E-state index in [0.717, 1.165) is 47.7 Å². The third-order valence-electron chi connectivity index (χ3n) is 23.1. The van der Waals surface area contributed by atoms with Crippen LogP contribution >= 0.6 is 23.2 Å². The minimum atomic E-state index is -5.16. The second-order valence-corrected chi connectivity index (χ2v) is 44.0. The van der Waals surface area contributed by atoms with Gasteiger partial charge in [-0.3, -0.25) is 28.3 Å². The number of fused-ring (bicyclic) bond motifs is 8. The summed E-state index contributed by atoms with van der Waals surface area (Å²) < 4.78 is 363. The Labute approximate surface area is 751 Å². The molecule has 10 aromatic rings. The molecule has 0 spiro atoms. The molecule has 3 saturated carbocycles. The number of carbonyl (C=O) groups excluding carboxylic acids is 2. The highest BCUT2D eigenvalue weighted by atomic mass is 35.5. The molecule has 0 aliphatic heterocycles. The van der Waals surface area contributed by atoms with Crippen LogP contribution in [0.1, 0.15) is 198 Å². The first-order chi connectivity index (χ1) is 59.2. The third kappa shape index (κ3) is 21.1. The second-order valence-electron chi connectivity index (χ2n) is 33.6. The molecule has 6 heterocycles. The van der Waals surface area contributed by atoms with Crippen LogP contribution in [0, 0.1) is 58.8 Å². The molecule has 44 heteroatoms. The number of rotatable bonds is 27. The van der Waals surface area contributed by atoms with Crippen LogP contribution in [0.25, 0.3) is 44.1 Å². The highest BCUT2D eigenvalue weighted by Crippen LogP contribution is 2.70. The number of pyridine rings is 2. The first kappa shape index (κ1) is 102. The van der Waals surface area contributed by atoms with Gasteiger partial charge in [-0.2, -0.15) is 64.3 Å². The minimum absolute atomic E-state index is 0. The van der Waals surface area contributed by atoms with Crippen molar-refractivity contribution in [2.45, 2.75) is 214 Å². The molecule has 6 atom stereocenters. The van der Waals surface area contributed by atoms with Crippen molar-refractivity contribution < 1.29 is 122 Å². The van der Waals surface area contributed by atoms with Gasteiger partial charge in [-0.15, -0.1) is 0 Å². The van der Waals surface area contributed by atoms with E-state index >= 15 is 17.6 Å². The molecule has 5 aliphatic rings. The molecule has 4 aromatic carbocycles. The Bertz CT molecular complexity index is 6850. The van der Waals surface area contributed by atoms with Crippen molar-refractivity contribution in [3.05, 3.63) is 197 Å². The molecule has 0 saturated heterocycles. The average Bonchev–Trinajstić information content (AvgIpc) is 1.52. The van der Waals surface area contributed by atoms with Gasteiger partial charge in [0.15, 0.2) is 56.6 Å². The number of alkyl halides is 14.